The lowest BCUT2D eigenvalue weighted by Crippen LogP contribution is -2.08. The molecule has 8 heteroatoms. The number of hydrogen-bond acceptors (Lipinski definition) is 7. The van der Waals surface area contributed by atoms with Crippen molar-refractivity contribution in [3.8, 4) is 6.07 Å². The molecule has 7 nitrogen and oxygen atoms in total. The van der Waals surface area contributed by atoms with Gasteiger partial charge in [-0.15, -0.1) is 0 Å². The van der Waals surface area contributed by atoms with E-state index < -0.39 is 11.2 Å². The van der Waals surface area contributed by atoms with Crippen LogP contribution >= 0.6 is 0 Å². The Morgan fingerprint density at radius 1 is 1.48 bits per heavy atom. The Morgan fingerprint density at radius 3 is 3.09 bits per heavy atom. The topological polar surface area (TPSA) is 104 Å². The highest BCUT2D eigenvalue weighted by atomic mass is 19.1. The highest BCUT2D eigenvalue weighted by Crippen LogP contribution is 2.15. The summed E-state index contributed by atoms with van der Waals surface area (Å²) in [6.45, 7) is 1.59. The summed E-state index contributed by atoms with van der Waals surface area (Å²) in [4.78, 5) is 16.1. The summed E-state index contributed by atoms with van der Waals surface area (Å²) >= 11 is 0. The van der Waals surface area contributed by atoms with E-state index in [0.29, 0.717) is 5.89 Å². The predicted molar refractivity (Wildman–Crippen MR) is 79.6 cm³/mol. The Bertz CT molecular complexity index is 1010. The third kappa shape index (κ3) is 2.80. The van der Waals surface area contributed by atoms with Gasteiger partial charge in [0.25, 0.3) is 5.88 Å². The van der Waals surface area contributed by atoms with Crippen molar-refractivity contribution in [1.82, 2.24) is 4.98 Å². The molecule has 0 aliphatic carbocycles. The largest absolute Gasteiger partial charge is 0.463 e. The van der Waals surface area contributed by atoms with Crippen molar-refractivity contribution in [2.24, 2.45) is 5.10 Å². The number of hydrazone groups is 1. The number of nitrogens with one attached hydrogen (secondary N) is 1. The van der Waals surface area contributed by atoms with E-state index in [0.717, 1.165) is 6.07 Å². The van der Waals surface area contributed by atoms with Gasteiger partial charge in [0.2, 0.25) is 11.1 Å². The van der Waals surface area contributed by atoms with Gasteiger partial charge in [-0.3, -0.25) is 4.79 Å². The van der Waals surface area contributed by atoms with Gasteiger partial charge in [0.15, 0.2) is 5.89 Å². The van der Waals surface area contributed by atoms with E-state index in [9.17, 15) is 9.18 Å². The third-order valence-electron chi connectivity index (χ3n) is 2.97. The molecule has 0 unspecified atom stereocenters. The van der Waals surface area contributed by atoms with E-state index in [1.54, 1.807) is 6.92 Å². The van der Waals surface area contributed by atoms with Gasteiger partial charge in [-0.1, -0.05) is 0 Å². The molecule has 0 saturated carbocycles. The second kappa shape index (κ2) is 5.73. The minimum absolute atomic E-state index is 0.0484. The number of aromatic nitrogens is 1. The predicted octanol–water partition coefficient (Wildman–Crippen LogP) is 2.55. The van der Waals surface area contributed by atoms with Crippen molar-refractivity contribution in [2.75, 3.05) is 5.43 Å². The first-order valence-electron chi connectivity index (χ1n) is 6.46. The van der Waals surface area contributed by atoms with Gasteiger partial charge in [0, 0.05) is 6.92 Å². The quantitative estimate of drug-likeness (QED) is 0.588. The number of halogens is 1. The average Bonchev–Trinajstić information content (AvgIpc) is 2.90. The average molecular weight is 312 g/mol. The van der Waals surface area contributed by atoms with Gasteiger partial charge in [-0.25, -0.2) is 14.8 Å². The van der Waals surface area contributed by atoms with Crippen LogP contribution in [-0.2, 0) is 0 Å². The third-order valence-corrected chi connectivity index (χ3v) is 2.97. The molecule has 1 N–H and O–H groups in total. The van der Waals surface area contributed by atoms with Crippen molar-refractivity contribution in [3.63, 3.8) is 0 Å². The van der Waals surface area contributed by atoms with Crippen molar-refractivity contribution in [3.05, 3.63) is 57.7 Å². The lowest BCUT2D eigenvalue weighted by atomic mass is 10.2. The summed E-state index contributed by atoms with van der Waals surface area (Å²) in [5, 5.41) is 12.8. The molecule has 0 aliphatic heterocycles. The van der Waals surface area contributed by atoms with E-state index in [4.69, 9.17) is 14.1 Å². The lowest BCUT2D eigenvalue weighted by molar-refractivity contribution is 0.533. The maximum atomic E-state index is 13.2. The summed E-state index contributed by atoms with van der Waals surface area (Å²) in [5.74, 6) is -0.162. The number of oxazole rings is 1. The summed E-state index contributed by atoms with van der Waals surface area (Å²) < 4.78 is 23.6. The van der Waals surface area contributed by atoms with Crippen LogP contribution < -0.4 is 10.9 Å². The highest BCUT2D eigenvalue weighted by molar-refractivity contribution is 5.86. The van der Waals surface area contributed by atoms with Crippen LogP contribution in [0.3, 0.4) is 0 Å². The van der Waals surface area contributed by atoms with E-state index in [2.05, 4.69) is 15.5 Å². The number of rotatable bonds is 3. The molecule has 0 atom stereocenters. The van der Waals surface area contributed by atoms with Gasteiger partial charge in [0.1, 0.15) is 23.7 Å². The minimum atomic E-state index is -0.534. The number of nitriles is 1. The number of aryl methyl sites for hydroxylation is 1. The Balaban J connectivity index is 1.91. The van der Waals surface area contributed by atoms with Crippen LogP contribution in [0.5, 0.6) is 0 Å². The second-order valence-electron chi connectivity index (χ2n) is 4.55. The fourth-order valence-electron chi connectivity index (χ4n) is 1.95. The van der Waals surface area contributed by atoms with Crippen molar-refractivity contribution >= 4 is 23.1 Å². The molecule has 0 spiro atoms. The molecule has 0 fully saturated rings. The van der Waals surface area contributed by atoms with Crippen LogP contribution in [0.4, 0.5) is 10.3 Å². The molecule has 1 aromatic carbocycles. The van der Waals surface area contributed by atoms with Gasteiger partial charge in [-0.2, -0.15) is 10.4 Å². The smallest absolute Gasteiger partial charge is 0.252 e. The van der Waals surface area contributed by atoms with Gasteiger partial charge in [-0.05, 0) is 18.2 Å². The first-order valence-corrected chi connectivity index (χ1v) is 6.46. The maximum Gasteiger partial charge on any atom is 0.252 e. The summed E-state index contributed by atoms with van der Waals surface area (Å²) in [6.07, 6.45) is 2.40. The molecule has 0 aliphatic rings. The van der Waals surface area contributed by atoms with Gasteiger partial charge in [0.05, 0.1) is 17.2 Å². The van der Waals surface area contributed by atoms with Gasteiger partial charge < -0.3 is 8.83 Å². The molecule has 0 radical (unpaired) electrons. The molecule has 2 aromatic heterocycles. The SMILES string of the molecule is Cc1nc(C#N)c(NN=Cc2coc3ccc(F)cc3c2=O)o1. The number of fused-ring (bicyclic) bond motifs is 1. The molecule has 0 amide bonds. The standard InChI is InChI=1S/C15H9FN4O3/c1-8-19-12(5-17)15(23-8)20-18-6-9-7-22-13-3-2-10(16)4-11(13)14(9)21/h2-4,6-7,20H,1H3. The van der Waals surface area contributed by atoms with Crippen LogP contribution in [0.1, 0.15) is 17.1 Å². The van der Waals surface area contributed by atoms with Crippen molar-refractivity contribution in [1.29, 1.82) is 5.26 Å². The second-order valence-corrected chi connectivity index (χ2v) is 4.55. The normalized spacial score (nSPS) is 11.0. The zero-order valence-electron chi connectivity index (χ0n) is 11.8. The first kappa shape index (κ1) is 14.5. The van der Waals surface area contributed by atoms with E-state index in [1.807, 2.05) is 6.07 Å². The van der Waals surface area contributed by atoms with Crippen molar-refractivity contribution < 1.29 is 13.2 Å². The Kier molecular flexibility index (Phi) is 3.60. The number of anilines is 1. The minimum Gasteiger partial charge on any atom is -0.463 e. The molecular formula is C15H9FN4O3. The molecule has 3 rings (SSSR count). The Hall–Kier alpha value is -3.47. The molecule has 3 aromatic rings. The van der Waals surface area contributed by atoms with Crippen LogP contribution in [0.2, 0.25) is 0 Å². The van der Waals surface area contributed by atoms with Crippen LogP contribution in [-0.4, -0.2) is 11.2 Å². The van der Waals surface area contributed by atoms with E-state index in [1.165, 1.54) is 24.6 Å². The van der Waals surface area contributed by atoms with E-state index >= 15 is 0 Å². The number of benzene rings is 1. The summed E-state index contributed by atoms with van der Waals surface area (Å²) in [6, 6.07) is 5.52. The van der Waals surface area contributed by atoms with Gasteiger partial charge >= 0.3 is 0 Å². The van der Waals surface area contributed by atoms with E-state index in [-0.39, 0.29) is 28.1 Å². The first-order chi connectivity index (χ1) is 11.1. The zero-order valence-corrected chi connectivity index (χ0v) is 11.8. The highest BCUT2D eigenvalue weighted by Gasteiger charge is 2.10. The maximum absolute atomic E-state index is 13.2. The number of hydrogen-bond donors (Lipinski definition) is 1. The Morgan fingerprint density at radius 2 is 2.30 bits per heavy atom. The van der Waals surface area contributed by atoms with Crippen LogP contribution in [0, 0.1) is 24.1 Å². The molecule has 2 heterocycles. The molecule has 23 heavy (non-hydrogen) atoms. The monoisotopic (exact) mass is 312 g/mol. The van der Waals surface area contributed by atoms with Crippen molar-refractivity contribution in [2.45, 2.75) is 6.92 Å². The fraction of sp³-hybridized carbons (Fsp3) is 0.0667. The summed E-state index contributed by atoms with van der Waals surface area (Å²) in [5.41, 5.74) is 2.50. The molecule has 0 saturated heterocycles. The molecule has 0 bridgehead atoms. The zero-order chi connectivity index (χ0) is 16.4. The Labute approximate surface area is 128 Å². The lowest BCUT2D eigenvalue weighted by Gasteiger charge is -1.98. The summed E-state index contributed by atoms with van der Waals surface area (Å²) in [7, 11) is 0. The van der Waals surface area contributed by atoms with Crippen LogP contribution in [0.25, 0.3) is 11.0 Å². The number of nitrogens with zero attached hydrogens (tertiary/aromatic N) is 3. The fourth-order valence-corrected chi connectivity index (χ4v) is 1.95. The van der Waals surface area contributed by atoms with Crippen LogP contribution in [0.15, 0.2) is 43.2 Å². The molecular weight excluding hydrogens is 303 g/mol. The molecule has 114 valence electrons.